The van der Waals surface area contributed by atoms with Gasteiger partial charge in [-0.1, -0.05) is 6.07 Å². The van der Waals surface area contributed by atoms with Crippen LogP contribution in [-0.2, 0) is 9.59 Å². The molecule has 2 rings (SSSR count). The van der Waals surface area contributed by atoms with Crippen LogP contribution in [0.2, 0.25) is 0 Å². The van der Waals surface area contributed by atoms with Gasteiger partial charge in [-0.3, -0.25) is 19.3 Å². The molecule has 0 atom stereocenters. The van der Waals surface area contributed by atoms with Crippen LogP contribution in [0.5, 0.6) is 0 Å². The molecule has 1 aliphatic rings. The van der Waals surface area contributed by atoms with Gasteiger partial charge in [0.05, 0.1) is 17.3 Å². The minimum absolute atomic E-state index is 0.0573. The second-order valence-corrected chi connectivity index (χ2v) is 3.79. The van der Waals surface area contributed by atoms with E-state index in [2.05, 4.69) is 5.32 Å². The van der Waals surface area contributed by atoms with E-state index < -0.39 is 30.0 Å². The molecule has 0 radical (unpaired) electrons. The van der Waals surface area contributed by atoms with Crippen molar-refractivity contribution in [2.45, 2.75) is 0 Å². The van der Waals surface area contributed by atoms with Gasteiger partial charge < -0.3 is 5.32 Å². The first-order chi connectivity index (χ1) is 9.06. The second kappa shape index (κ2) is 4.86. The van der Waals surface area contributed by atoms with Crippen molar-refractivity contribution in [2.24, 2.45) is 0 Å². The third-order valence-electron chi connectivity index (χ3n) is 2.61. The number of benzene rings is 1. The van der Waals surface area contributed by atoms with Gasteiger partial charge in [0.1, 0.15) is 18.9 Å². The molecule has 7 heteroatoms. The summed E-state index contributed by atoms with van der Waals surface area (Å²) in [5, 5.41) is 10.5. The molecular formula is C12H8FN3O3. The number of anilines is 1. The Bertz CT molecular complexity index is 621. The lowest BCUT2D eigenvalue weighted by molar-refractivity contribution is -0.121. The Morgan fingerprint density at radius 2 is 2.16 bits per heavy atom. The number of hydrogen-bond donors (Lipinski definition) is 1. The number of rotatable bonds is 3. The Balaban J connectivity index is 2.29. The van der Waals surface area contributed by atoms with Crippen LogP contribution in [-0.4, -0.2) is 30.7 Å². The van der Waals surface area contributed by atoms with Gasteiger partial charge in [0.25, 0.3) is 11.7 Å². The topological polar surface area (TPSA) is 90.3 Å². The van der Waals surface area contributed by atoms with Crippen LogP contribution in [0.25, 0.3) is 0 Å². The number of para-hydroxylation sites is 1. The lowest BCUT2D eigenvalue weighted by Crippen LogP contribution is -2.40. The summed E-state index contributed by atoms with van der Waals surface area (Å²) in [7, 11) is 0. The van der Waals surface area contributed by atoms with Crippen molar-refractivity contribution >= 4 is 23.3 Å². The zero-order chi connectivity index (χ0) is 14.0. The summed E-state index contributed by atoms with van der Waals surface area (Å²) in [5.41, 5.74) is -0.248. The number of nitrogens with one attached hydrogen (secondary N) is 1. The summed E-state index contributed by atoms with van der Waals surface area (Å²) < 4.78 is 13.7. The van der Waals surface area contributed by atoms with Gasteiger partial charge in [0.15, 0.2) is 0 Å². The molecule has 19 heavy (non-hydrogen) atoms. The number of halogens is 1. The van der Waals surface area contributed by atoms with Gasteiger partial charge in [-0.05, 0) is 12.1 Å². The molecule has 1 N–H and O–H groups in total. The van der Waals surface area contributed by atoms with Crippen molar-refractivity contribution in [3.8, 4) is 6.07 Å². The zero-order valence-electron chi connectivity index (χ0n) is 9.64. The molecule has 1 heterocycles. The van der Waals surface area contributed by atoms with Crippen LogP contribution in [0, 0.1) is 17.1 Å². The van der Waals surface area contributed by atoms with Gasteiger partial charge in [-0.15, -0.1) is 0 Å². The fraction of sp³-hybridized carbons (Fsp3) is 0.167. The van der Waals surface area contributed by atoms with Gasteiger partial charge >= 0.3 is 0 Å². The Morgan fingerprint density at radius 3 is 2.84 bits per heavy atom. The Morgan fingerprint density at radius 1 is 1.42 bits per heavy atom. The molecule has 2 amide bonds. The van der Waals surface area contributed by atoms with Crippen LogP contribution in [0.4, 0.5) is 10.1 Å². The maximum absolute atomic E-state index is 13.7. The number of nitrogens with zero attached hydrogens (tertiary/aromatic N) is 2. The van der Waals surface area contributed by atoms with Gasteiger partial charge in [0.2, 0.25) is 5.91 Å². The molecule has 1 aromatic carbocycles. The number of carbonyl (C=O) groups is 3. The summed E-state index contributed by atoms with van der Waals surface area (Å²) in [4.78, 5) is 35.5. The summed E-state index contributed by atoms with van der Waals surface area (Å²) in [6.07, 6.45) is 0. The van der Waals surface area contributed by atoms with E-state index in [0.717, 1.165) is 11.0 Å². The highest BCUT2D eigenvalue weighted by molar-refractivity contribution is 6.52. The van der Waals surface area contributed by atoms with E-state index in [4.69, 9.17) is 5.26 Å². The number of amides is 2. The Kier molecular flexibility index (Phi) is 3.25. The first-order valence-corrected chi connectivity index (χ1v) is 5.34. The first-order valence-electron chi connectivity index (χ1n) is 5.34. The average Bonchev–Trinajstić information content (AvgIpc) is 2.63. The lowest BCUT2D eigenvalue weighted by atomic mass is 10.1. The first kappa shape index (κ1) is 12.7. The number of nitriles is 1. The molecule has 0 saturated carbocycles. The van der Waals surface area contributed by atoms with Crippen LogP contribution in [0.15, 0.2) is 18.2 Å². The van der Waals surface area contributed by atoms with Crippen molar-refractivity contribution in [3.63, 3.8) is 0 Å². The maximum atomic E-state index is 13.7. The summed E-state index contributed by atoms with van der Waals surface area (Å²) in [6, 6.07) is 5.44. The molecule has 1 aliphatic heterocycles. The molecular weight excluding hydrogens is 253 g/mol. The van der Waals surface area contributed by atoms with E-state index in [0.29, 0.717) is 0 Å². The number of fused-ring (bicyclic) bond motifs is 1. The van der Waals surface area contributed by atoms with Crippen molar-refractivity contribution in [2.75, 3.05) is 18.0 Å². The average molecular weight is 261 g/mol. The van der Waals surface area contributed by atoms with Crippen molar-refractivity contribution in [3.05, 3.63) is 29.6 Å². The molecule has 0 aliphatic carbocycles. The predicted molar refractivity (Wildman–Crippen MR) is 61.7 cm³/mol. The van der Waals surface area contributed by atoms with Crippen molar-refractivity contribution in [1.29, 1.82) is 5.26 Å². The standard InChI is InChI=1S/C12H8FN3O3/c13-8-3-1-2-7-10(8)16(12(19)11(7)18)6-9(17)15-5-4-14/h1-3H,5-6H2,(H,15,17). The van der Waals surface area contributed by atoms with E-state index in [1.807, 2.05) is 0 Å². The highest BCUT2D eigenvalue weighted by Gasteiger charge is 2.38. The van der Waals surface area contributed by atoms with Crippen LogP contribution in [0.3, 0.4) is 0 Å². The number of carbonyl (C=O) groups excluding carboxylic acids is 3. The predicted octanol–water partition coefficient (Wildman–Crippen LogP) is -0.00522. The van der Waals surface area contributed by atoms with E-state index in [1.54, 1.807) is 6.07 Å². The molecule has 0 saturated heterocycles. The SMILES string of the molecule is N#CCNC(=O)CN1C(=O)C(=O)c2cccc(F)c21. The highest BCUT2D eigenvalue weighted by Crippen LogP contribution is 2.31. The summed E-state index contributed by atoms with van der Waals surface area (Å²) in [5.74, 6) is -3.18. The molecule has 1 aromatic rings. The molecule has 0 unspecified atom stereocenters. The van der Waals surface area contributed by atoms with Gasteiger partial charge in [-0.2, -0.15) is 5.26 Å². The minimum Gasteiger partial charge on any atom is -0.341 e. The van der Waals surface area contributed by atoms with Crippen LogP contribution in [0.1, 0.15) is 10.4 Å². The zero-order valence-corrected chi connectivity index (χ0v) is 9.64. The molecule has 6 nitrogen and oxygen atoms in total. The van der Waals surface area contributed by atoms with E-state index in [9.17, 15) is 18.8 Å². The molecule has 0 bridgehead atoms. The van der Waals surface area contributed by atoms with Crippen LogP contribution >= 0.6 is 0 Å². The Labute approximate surface area is 107 Å². The summed E-state index contributed by atoms with van der Waals surface area (Å²) >= 11 is 0. The van der Waals surface area contributed by atoms with Crippen LogP contribution < -0.4 is 10.2 Å². The van der Waals surface area contributed by atoms with E-state index in [1.165, 1.54) is 12.1 Å². The quantitative estimate of drug-likeness (QED) is 0.612. The smallest absolute Gasteiger partial charge is 0.300 e. The molecule has 0 fully saturated rings. The third kappa shape index (κ3) is 2.15. The largest absolute Gasteiger partial charge is 0.341 e. The fourth-order valence-electron chi connectivity index (χ4n) is 1.80. The Hall–Kier alpha value is -2.75. The third-order valence-corrected chi connectivity index (χ3v) is 2.61. The molecule has 0 spiro atoms. The number of hydrogen-bond acceptors (Lipinski definition) is 4. The van der Waals surface area contributed by atoms with Gasteiger partial charge in [-0.25, -0.2) is 4.39 Å². The second-order valence-electron chi connectivity index (χ2n) is 3.79. The van der Waals surface area contributed by atoms with Crippen molar-refractivity contribution < 1.29 is 18.8 Å². The fourth-order valence-corrected chi connectivity index (χ4v) is 1.80. The number of Topliss-reactive ketones (excluding diaryl/α,β-unsaturated/α-hetero) is 1. The van der Waals surface area contributed by atoms with Crippen molar-refractivity contribution in [1.82, 2.24) is 5.32 Å². The molecule has 0 aromatic heterocycles. The minimum atomic E-state index is -0.952. The highest BCUT2D eigenvalue weighted by atomic mass is 19.1. The molecule has 96 valence electrons. The summed E-state index contributed by atoms with van der Waals surface area (Å²) in [6.45, 7) is -0.723. The van der Waals surface area contributed by atoms with Gasteiger partial charge in [0, 0.05) is 0 Å². The van der Waals surface area contributed by atoms with E-state index >= 15 is 0 Å². The maximum Gasteiger partial charge on any atom is 0.300 e. The number of ketones is 1. The van der Waals surface area contributed by atoms with E-state index in [-0.39, 0.29) is 17.8 Å². The lowest BCUT2D eigenvalue weighted by Gasteiger charge is -2.15. The normalized spacial score (nSPS) is 13.2. The monoisotopic (exact) mass is 261 g/mol.